The largest absolute Gasteiger partial charge is 0.494 e. The predicted octanol–water partition coefficient (Wildman–Crippen LogP) is 2.01. The van der Waals surface area contributed by atoms with Crippen LogP contribution in [0.1, 0.15) is 17.4 Å². The van der Waals surface area contributed by atoms with Gasteiger partial charge in [-0.1, -0.05) is 60.7 Å². The van der Waals surface area contributed by atoms with Crippen LogP contribution >= 0.6 is 0 Å². The quantitative estimate of drug-likeness (QED) is 0.752. The van der Waals surface area contributed by atoms with Crippen molar-refractivity contribution in [3.8, 4) is 5.88 Å². The van der Waals surface area contributed by atoms with Crippen molar-refractivity contribution in [3.63, 3.8) is 0 Å². The third-order valence-corrected chi connectivity index (χ3v) is 3.53. The molecule has 0 bridgehead atoms. The van der Waals surface area contributed by atoms with Crippen LogP contribution in [-0.4, -0.2) is 14.7 Å². The first-order valence-electron chi connectivity index (χ1n) is 7.40. The van der Waals surface area contributed by atoms with E-state index in [1.54, 1.807) is 12.1 Å². The molecule has 1 atom stereocenters. The zero-order chi connectivity index (χ0) is 16.9. The van der Waals surface area contributed by atoms with Gasteiger partial charge in [0.2, 0.25) is 5.88 Å². The molecule has 0 aliphatic rings. The highest BCUT2D eigenvalue weighted by atomic mass is 16.5. The molecular weight excluding hydrogens is 308 g/mol. The van der Waals surface area contributed by atoms with Gasteiger partial charge in [0.15, 0.2) is 6.23 Å². The van der Waals surface area contributed by atoms with E-state index in [9.17, 15) is 14.7 Å². The Morgan fingerprint density at radius 1 is 1.00 bits per heavy atom. The van der Waals surface area contributed by atoms with Gasteiger partial charge in [-0.2, -0.15) is 0 Å². The number of rotatable bonds is 5. The van der Waals surface area contributed by atoms with Crippen LogP contribution in [0.2, 0.25) is 0 Å². The van der Waals surface area contributed by atoms with E-state index in [-0.39, 0.29) is 6.61 Å². The van der Waals surface area contributed by atoms with Gasteiger partial charge in [-0.3, -0.25) is 9.78 Å². The molecule has 0 aliphatic heterocycles. The molecule has 0 spiro atoms. The summed E-state index contributed by atoms with van der Waals surface area (Å²) in [6.07, 6.45) is -0.865. The fraction of sp³-hybridized carbons (Fsp3) is 0.111. The van der Waals surface area contributed by atoms with Gasteiger partial charge < -0.3 is 9.84 Å². The number of aromatic nitrogens is 2. The fourth-order valence-corrected chi connectivity index (χ4v) is 2.41. The van der Waals surface area contributed by atoms with Gasteiger partial charge in [0.25, 0.3) is 5.56 Å². The molecular formula is C18H16N2O4. The summed E-state index contributed by atoms with van der Waals surface area (Å²) in [6.45, 7) is 0.241. The molecule has 122 valence electrons. The summed E-state index contributed by atoms with van der Waals surface area (Å²) < 4.78 is 6.90. The minimum absolute atomic E-state index is 0.241. The van der Waals surface area contributed by atoms with Crippen LogP contribution in [0.15, 0.2) is 76.3 Å². The van der Waals surface area contributed by atoms with E-state index in [0.717, 1.165) is 16.2 Å². The lowest BCUT2D eigenvalue weighted by Gasteiger charge is -2.21. The number of hydrogen-bond donors (Lipinski definition) is 2. The van der Waals surface area contributed by atoms with Crippen molar-refractivity contribution in [1.29, 1.82) is 0 Å². The summed E-state index contributed by atoms with van der Waals surface area (Å²) in [5.41, 5.74) is 0.207. The second-order valence-electron chi connectivity index (χ2n) is 5.23. The van der Waals surface area contributed by atoms with Gasteiger partial charge in [-0.25, -0.2) is 9.36 Å². The molecule has 24 heavy (non-hydrogen) atoms. The van der Waals surface area contributed by atoms with Crippen LogP contribution in [-0.2, 0) is 11.3 Å². The molecule has 1 heterocycles. The Morgan fingerprint density at radius 2 is 1.62 bits per heavy atom. The first kappa shape index (κ1) is 15.8. The van der Waals surface area contributed by atoms with Crippen LogP contribution in [0.5, 0.6) is 5.88 Å². The van der Waals surface area contributed by atoms with Crippen molar-refractivity contribution in [2.24, 2.45) is 0 Å². The summed E-state index contributed by atoms with van der Waals surface area (Å²) in [7, 11) is 0. The highest BCUT2D eigenvalue weighted by molar-refractivity contribution is 5.21. The van der Waals surface area contributed by atoms with Crippen molar-refractivity contribution in [2.45, 2.75) is 12.8 Å². The van der Waals surface area contributed by atoms with Crippen LogP contribution in [0, 0.1) is 0 Å². The average molecular weight is 324 g/mol. The van der Waals surface area contributed by atoms with Crippen LogP contribution < -0.4 is 11.2 Å². The molecule has 0 fully saturated rings. The number of ether oxygens (including phenoxy) is 1. The van der Waals surface area contributed by atoms with Crippen LogP contribution in [0.4, 0.5) is 0 Å². The summed E-state index contributed by atoms with van der Waals surface area (Å²) in [6, 6.07) is 19.4. The minimum atomic E-state index is -0.865. The van der Waals surface area contributed by atoms with E-state index in [0.29, 0.717) is 5.56 Å². The van der Waals surface area contributed by atoms with Crippen LogP contribution in [0.25, 0.3) is 0 Å². The van der Waals surface area contributed by atoms with Gasteiger partial charge in [-0.15, -0.1) is 0 Å². The molecule has 0 aliphatic carbocycles. The predicted molar refractivity (Wildman–Crippen MR) is 88.8 cm³/mol. The number of nitrogens with zero attached hydrogens (tertiary/aromatic N) is 1. The molecule has 2 N–H and O–H groups in total. The maximum absolute atomic E-state index is 12.2. The first-order chi connectivity index (χ1) is 11.6. The SMILES string of the molecule is O=c1cc(O)n(C(OCc2ccccc2)c2ccccc2)c(=O)[nH]1. The van der Waals surface area contributed by atoms with E-state index < -0.39 is 23.4 Å². The molecule has 2 aromatic carbocycles. The summed E-state index contributed by atoms with van der Waals surface area (Å²) in [5.74, 6) is -0.453. The fourth-order valence-electron chi connectivity index (χ4n) is 2.41. The van der Waals surface area contributed by atoms with E-state index in [1.807, 2.05) is 48.5 Å². The highest BCUT2D eigenvalue weighted by Crippen LogP contribution is 2.23. The lowest BCUT2D eigenvalue weighted by molar-refractivity contribution is 0.0117. The van der Waals surface area contributed by atoms with Gasteiger partial charge in [0, 0.05) is 5.56 Å². The molecule has 6 nitrogen and oxygen atoms in total. The third-order valence-electron chi connectivity index (χ3n) is 3.53. The molecule has 0 saturated heterocycles. The zero-order valence-electron chi connectivity index (χ0n) is 12.8. The number of hydrogen-bond acceptors (Lipinski definition) is 4. The Kier molecular flexibility index (Phi) is 4.58. The zero-order valence-corrected chi connectivity index (χ0v) is 12.8. The Balaban J connectivity index is 2.00. The Hall–Kier alpha value is -3.12. The second-order valence-corrected chi connectivity index (χ2v) is 5.23. The molecule has 3 aromatic rings. The Morgan fingerprint density at radius 3 is 2.25 bits per heavy atom. The second kappa shape index (κ2) is 6.97. The topological polar surface area (TPSA) is 84.3 Å². The normalized spacial score (nSPS) is 12.0. The van der Waals surface area contributed by atoms with Crippen LogP contribution in [0.3, 0.4) is 0 Å². The summed E-state index contributed by atoms with van der Waals surface area (Å²) in [5, 5.41) is 10.1. The molecule has 0 amide bonds. The standard InChI is InChI=1S/C18H16N2O4/c21-15-11-16(22)20(18(23)19-15)17(14-9-5-2-6-10-14)24-12-13-7-3-1-4-8-13/h1-11,17,22H,12H2,(H,19,21,23). The van der Waals surface area contributed by atoms with Gasteiger partial charge in [0.05, 0.1) is 12.7 Å². The van der Waals surface area contributed by atoms with E-state index >= 15 is 0 Å². The smallest absolute Gasteiger partial charge is 0.333 e. The molecule has 3 rings (SSSR count). The highest BCUT2D eigenvalue weighted by Gasteiger charge is 2.19. The maximum atomic E-state index is 12.2. The molecule has 6 heteroatoms. The maximum Gasteiger partial charge on any atom is 0.333 e. The lowest BCUT2D eigenvalue weighted by atomic mass is 10.2. The molecule has 1 aromatic heterocycles. The average Bonchev–Trinajstić information content (AvgIpc) is 2.58. The van der Waals surface area contributed by atoms with Crippen molar-refractivity contribution < 1.29 is 9.84 Å². The minimum Gasteiger partial charge on any atom is -0.494 e. The van der Waals surface area contributed by atoms with Crippen molar-refractivity contribution in [3.05, 3.63) is 98.7 Å². The summed E-state index contributed by atoms with van der Waals surface area (Å²) >= 11 is 0. The number of benzene rings is 2. The monoisotopic (exact) mass is 324 g/mol. The number of aromatic hydroxyl groups is 1. The van der Waals surface area contributed by atoms with Crippen molar-refractivity contribution in [2.75, 3.05) is 0 Å². The molecule has 1 unspecified atom stereocenters. The van der Waals surface area contributed by atoms with Gasteiger partial charge in [0.1, 0.15) is 0 Å². The van der Waals surface area contributed by atoms with Gasteiger partial charge >= 0.3 is 5.69 Å². The Labute approximate surface area is 137 Å². The summed E-state index contributed by atoms with van der Waals surface area (Å²) in [4.78, 5) is 25.6. The number of aromatic amines is 1. The van der Waals surface area contributed by atoms with Crippen molar-refractivity contribution in [1.82, 2.24) is 9.55 Å². The molecule has 0 radical (unpaired) electrons. The van der Waals surface area contributed by atoms with E-state index in [1.165, 1.54) is 0 Å². The van der Waals surface area contributed by atoms with Gasteiger partial charge in [-0.05, 0) is 5.56 Å². The van der Waals surface area contributed by atoms with E-state index in [4.69, 9.17) is 4.74 Å². The number of nitrogens with one attached hydrogen (secondary N) is 1. The molecule has 0 saturated carbocycles. The first-order valence-corrected chi connectivity index (χ1v) is 7.40. The Bertz CT molecular complexity index is 917. The number of H-pyrrole nitrogens is 1. The van der Waals surface area contributed by atoms with Crippen molar-refractivity contribution >= 4 is 0 Å². The van der Waals surface area contributed by atoms with E-state index in [2.05, 4.69) is 4.98 Å². The lowest BCUT2D eigenvalue weighted by Crippen LogP contribution is -2.33. The third kappa shape index (κ3) is 3.44.